The molecule has 0 atom stereocenters. The molecule has 0 spiro atoms. The van der Waals surface area contributed by atoms with E-state index in [1.54, 1.807) is 6.20 Å². The van der Waals surface area contributed by atoms with E-state index in [1.807, 2.05) is 12.1 Å². The van der Waals surface area contributed by atoms with Crippen LogP contribution in [-0.2, 0) is 13.1 Å². The number of aromatic nitrogens is 1. The van der Waals surface area contributed by atoms with Gasteiger partial charge in [-0.1, -0.05) is 19.1 Å². The highest BCUT2D eigenvalue weighted by Gasteiger charge is 2.07. The fourth-order valence-corrected chi connectivity index (χ4v) is 2.17. The number of nitrogens with two attached hydrogens (primary N) is 1. The summed E-state index contributed by atoms with van der Waals surface area (Å²) in [6.45, 7) is 4.24. The first-order valence-corrected chi connectivity index (χ1v) is 6.86. The Morgan fingerprint density at radius 3 is 2.50 bits per heavy atom. The molecule has 3 nitrogen and oxygen atoms in total. The average Bonchev–Trinajstić information content (AvgIpc) is 2.47. The van der Waals surface area contributed by atoms with Gasteiger partial charge in [0.25, 0.3) is 0 Å². The molecule has 2 rings (SSSR count). The highest BCUT2D eigenvalue weighted by atomic mass is 19.1. The molecule has 0 saturated heterocycles. The van der Waals surface area contributed by atoms with Gasteiger partial charge in [0, 0.05) is 31.5 Å². The van der Waals surface area contributed by atoms with Crippen LogP contribution < -0.4 is 10.6 Å². The summed E-state index contributed by atoms with van der Waals surface area (Å²) in [6, 6.07) is 9.71. The zero-order chi connectivity index (χ0) is 14.4. The second-order valence-electron chi connectivity index (χ2n) is 4.80. The molecule has 4 heteroatoms. The summed E-state index contributed by atoms with van der Waals surface area (Å²) in [5.74, 6) is -0.294. The summed E-state index contributed by atoms with van der Waals surface area (Å²) in [7, 11) is 0. The Balaban J connectivity index is 2.17. The minimum atomic E-state index is -0.294. The molecule has 0 radical (unpaired) electrons. The number of hydrogen-bond donors (Lipinski definition) is 1. The van der Waals surface area contributed by atoms with Crippen molar-refractivity contribution in [3.8, 4) is 0 Å². The van der Waals surface area contributed by atoms with Crippen LogP contribution in [0.2, 0.25) is 0 Å². The van der Waals surface area contributed by atoms with E-state index in [-0.39, 0.29) is 5.82 Å². The zero-order valence-electron chi connectivity index (χ0n) is 11.7. The van der Waals surface area contributed by atoms with Gasteiger partial charge >= 0.3 is 0 Å². The van der Waals surface area contributed by atoms with E-state index in [1.165, 1.54) is 12.3 Å². The number of benzene rings is 1. The molecule has 0 unspecified atom stereocenters. The lowest BCUT2D eigenvalue weighted by molar-refractivity contribution is 0.617. The van der Waals surface area contributed by atoms with Gasteiger partial charge < -0.3 is 10.6 Å². The van der Waals surface area contributed by atoms with E-state index in [0.29, 0.717) is 13.1 Å². The molecule has 20 heavy (non-hydrogen) atoms. The van der Waals surface area contributed by atoms with Crippen molar-refractivity contribution in [3.63, 3.8) is 0 Å². The van der Waals surface area contributed by atoms with Crippen molar-refractivity contribution < 1.29 is 4.39 Å². The van der Waals surface area contributed by atoms with E-state index in [2.05, 4.69) is 28.9 Å². The third-order valence-corrected chi connectivity index (χ3v) is 3.17. The Bertz CT molecular complexity index is 540. The van der Waals surface area contributed by atoms with Gasteiger partial charge in [-0.25, -0.2) is 4.39 Å². The van der Waals surface area contributed by atoms with Gasteiger partial charge in [-0.15, -0.1) is 0 Å². The molecular formula is C16H20FN3. The number of nitrogens with zero attached hydrogens (tertiary/aromatic N) is 2. The third kappa shape index (κ3) is 3.78. The van der Waals surface area contributed by atoms with Crippen molar-refractivity contribution in [1.82, 2.24) is 4.98 Å². The van der Waals surface area contributed by atoms with E-state index in [9.17, 15) is 4.39 Å². The van der Waals surface area contributed by atoms with Crippen LogP contribution in [0.1, 0.15) is 24.5 Å². The Kier molecular flexibility index (Phi) is 5.07. The van der Waals surface area contributed by atoms with Crippen LogP contribution in [0.3, 0.4) is 0 Å². The van der Waals surface area contributed by atoms with Crippen LogP contribution >= 0.6 is 0 Å². The van der Waals surface area contributed by atoms with Crippen molar-refractivity contribution in [2.45, 2.75) is 26.4 Å². The highest BCUT2D eigenvalue weighted by molar-refractivity contribution is 5.48. The molecule has 1 aromatic heterocycles. The first-order valence-electron chi connectivity index (χ1n) is 6.86. The third-order valence-electron chi connectivity index (χ3n) is 3.17. The zero-order valence-corrected chi connectivity index (χ0v) is 11.7. The van der Waals surface area contributed by atoms with Crippen LogP contribution in [0.4, 0.5) is 10.1 Å². The van der Waals surface area contributed by atoms with Crippen molar-refractivity contribution in [2.75, 3.05) is 11.4 Å². The minimum Gasteiger partial charge on any atom is -0.367 e. The summed E-state index contributed by atoms with van der Waals surface area (Å²) >= 11 is 0. The number of anilines is 1. The molecule has 0 amide bonds. The van der Waals surface area contributed by atoms with Crippen molar-refractivity contribution in [2.24, 2.45) is 5.73 Å². The lowest BCUT2D eigenvalue weighted by Crippen LogP contribution is -2.23. The Morgan fingerprint density at radius 2 is 1.90 bits per heavy atom. The Morgan fingerprint density at radius 1 is 1.15 bits per heavy atom. The molecule has 2 aromatic rings. The normalized spacial score (nSPS) is 10.6. The maximum Gasteiger partial charge on any atom is 0.141 e. The molecule has 0 aliphatic rings. The van der Waals surface area contributed by atoms with Crippen LogP contribution in [0.25, 0.3) is 0 Å². The van der Waals surface area contributed by atoms with Crippen molar-refractivity contribution >= 4 is 5.69 Å². The van der Waals surface area contributed by atoms with Gasteiger partial charge in [0.1, 0.15) is 5.82 Å². The van der Waals surface area contributed by atoms with E-state index < -0.39 is 0 Å². The summed E-state index contributed by atoms with van der Waals surface area (Å²) in [6.07, 6.45) is 3.96. The Hall–Kier alpha value is -1.94. The molecule has 0 aliphatic heterocycles. The number of rotatable bonds is 6. The molecule has 0 aliphatic carbocycles. The van der Waals surface area contributed by atoms with Gasteiger partial charge in [-0.3, -0.25) is 4.98 Å². The molecule has 1 heterocycles. The molecule has 2 N–H and O–H groups in total. The lowest BCUT2D eigenvalue weighted by atomic mass is 10.1. The first kappa shape index (κ1) is 14.5. The average molecular weight is 273 g/mol. The lowest BCUT2D eigenvalue weighted by Gasteiger charge is -2.24. The smallest absolute Gasteiger partial charge is 0.141 e. The van der Waals surface area contributed by atoms with Crippen molar-refractivity contribution in [1.29, 1.82) is 0 Å². The van der Waals surface area contributed by atoms with Gasteiger partial charge in [0.05, 0.1) is 6.20 Å². The largest absolute Gasteiger partial charge is 0.367 e. The number of pyridine rings is 1. The predicted molar refractivity (Wildman–Crippen MR) is 79.9 cm³/mol. The monoisotopic (exact) mass is 273 g/mol. The van der Waals surface area contributed by atoms with Crippen LogP contribution in [0, 0.1) is 5.82 Å². The van der Waals surface area contributed by atoms with Crippen LogP contribution in [0.15, 0.2) is 42.7 Å². The molecule has 0 saturated carbocycles. The quantitative estimate of drug-likeness (QED) is 0.879. The highest BCUT2D eigenvalue weighted by Crippen LogP contribution is 2.18. The fraction of sp³-hybridized carbons (Fsp3) is 0.312. The summed E-state index contributed by atoms with van der Waals surface area (Å²) in [4.78, 5) is 6.12. The predicted octanol–water partition coefficient (Wildman–Crippen LogP) is 3.10. The van der Waals surface area contributed by atoms with Crippen LogP contribution in [-0.4, -0.2) is 11.5 Å². The summed E-state index contributed by atoms with van der Waals surface area (Å²) < 4.78 is 13.2. The second kappa shape index (κ2) is 7.01. The maximum atomic E-state index is 13.2. The van der Waals surface area contributed by atoms with Crippen molar-refractivity contribution in [3.05, 3.63) is 59.7 Å². The van der Waals surface area contributed by atoms with Gasteiger partial charge in [0.15, 0.2) is 0 Å². The van der Waals surface area contributed by atoms with Gasteiger partial charge in [0.2, 0.25) is 0 Å². The molecule has 0 bridgehead atoms. The van der Waals surface area contributed by atoms with Gasteiger partial charge in [-0.2, -0.15) is 0 Å². The SMILES string of the molecule is CCCN(Cc1cncc(F)c1)c1ccc(CN)cc1. The summed E-state index contributed by atoms with van der Waals surface area (Å²) in [5, 5.41) is 0. The summed E-state index contributed by atoms with van der Waals surface area (Å²) in [5.41, 5.74) is 8.72. The van der Waals surface area contributed by atoms with Crippen LogP contribution in [0.5, 0.6) is 0 Å². The Labute approximate surface area is 119 Å². The molecular weight excluding hydrogens is 253 g/mol. The second-order valence-corrected chi connectivity index (χ2v) is 4.80. The van der Waals surface area contributed by atoms with E-state index in [4.69, 9.17) is 5.73 Å². The fourth-order valence-electron chi connectivity index (χ4n) is 2.17. The number of hydrogen-bond acceptors (Lipinski definition) is 3. The van der Waals surface area contributed by atoms with E-state index >= 15 is 0 Å². The molecule has 1 aromatic carbocycles. The van der Waals surface area contributed by atoms with Gasteiger partial charge in [-0.05, 0) is 35.7 Å². The van der Waals surface area contributed by atoms with E-state index in [0.717, 1.165) is 29.8 Å². The first-order chi connectivity index (χ1) is 9.72. The molecule has 0 fully saturated rings. The minimum absolute atomic E-state index is 0.294. The molecule has 106 valence electrons. The number of halogens is 1. The standard InChI is InChI=1S/C16H20FN3/c1-2-7-20(12-14-8-15(17)11-19-10-14)16-5-3-13(9-18)4-6-16/h3-6,8,10-11H,2,7,9,12,18H2,1H3. The topological polar surface area (TPSA) is 42.2 Å². The maximum absolute atomic E-state index is 13.2.